The maximum absolute atomic E-state index is 8.61. The third-order valence-corrected chi connectivity index (χ3v) is 3.17. The second kappa shape index (κ2) is 8.25. The maximum Gasteiger partial charge on any atom is 0.0431 e. The summed E-state index contributed by atoms with van der Waals surface area (Å²) in [6.07, 6.45) is 10.5. The summed E-state index contributed by atoms with van der Waals surface area (Å²) in [6.45, 7) is 2.71. The van der Waals surface area contributed by atoms with Gasteiger partial charge in [-0.05, 0) is 51.1 Å². The highest BCUT2D eigenvalue weighted by molar-refractivity contribution is 4.67. The molecule has 1 aliphatic carbocycles. The zero-order valence-corrected chi connectivity index (χ0v) is 9.30. The van der Waals surface area contributed by atoms with Crippen LogP contribution in [0.5, 0.6) is 0 Å². The minimum atomic E-state index is 0.350. The van der Waals surface area contributed by atoms with E-state index in [1.807, 2.05) is 0 Å². The Hall–Kier alpha value is -0.0800. The fourth-order valence-corrected chi connectivity index (χ4v) is 2.24. The molecule has 0 unspecified atom stereocenters. The SMILES string of the molecule is OCCCCCNCC1CCCCC1. The van der Waals surface area contributed by atoms with Crippen molar-refractivity contribution in [2.75, 3.05) is 19.7 Å². The van der Waals surface area contributed by atoms with E-state index in [0.29, 0.717) is 6.61 Å². The van der Waals surface area contributed by atoms with Crippen LogP contribution in [-0.2, 0) is 0 Å². The van der Waals surface area contributed by atoms with Gasteiger partial charge >= 0.3 is 0 Å². The van der Waals surface area contributed by atoms with Gasteiger partial charge in [-0.2, -0.15) is 0 Å². The lowest BCUT2D eigenvalue weighted by Gasteiger charge is -2.21. The summed E-state index contributed by atoms with van der Waals surface area (Å²) < 4.78 is 0. The summed E-state index contributed by atoms with van der Waals surface area (Å²) >= 11 is 0. The van der Waals surface area contributed by atoms with E-state index in [-0.39, 0.29) is 0 Å². The molecule has 1 rings (SSSR count). The van der Waals surface area contributed by atoms with E-state index < -0.39 is 0 Å². The van der Waals surface area contributed by atoms with Crippen molar-refractivity contribution in [1.82, 2.24) is 5.32 Å². The molecule has 1 saturated carbocycles. The third-order valence-electron chi connectivity index (χ3n) is 3.17. The lowest BCUT2D eigenvalue weighted by molar-refractivity contribution is 0.282. The van der Waals surface area contributed by atoms with E-state index in [9.17, 15) is 0 Å². The van der Waals surface area contributed by atoms with Crippen molar-refractivity contribution in [1.29, 1.82) is 0 Å². The van der Waals surface area contributed by atoms with Crippen LogP contribution < -0.4 is 5.32 Å². The van der Waals surface area contributed by atoms with Crippen molar-refractivity contribution in [3.05, 3.63) is 0 Å². The minimum absolute atomic E-state index is 0.350. The first-order chi connectivity index (χ1) is 6.93. The number of nitrogens with one attached hydrogen (secondary N) is 1. The molecule has 0 heterocycles. The number of aliphatic hydroxyl groups is 1. The number of hydrogen-bond acceptors (Lipinski definition) is 2. The van der Waals surface area contributed by atoms with Gasteiger partial charge in [0.15, 0.2) is 0 Å². The summed E-state index contributed by atoms with van der Waals surface area (Å²) in [4.78, 5) is 0. The van der Waals surface area contributed by atoms with Gasteiger partial charge in [-0.25, -0.2) is 0 Å². The van der Waals surface area contributed by atoms with Gasteiger partial charge in [0.05, 0.1) is 0 Å². The van der Waals surface area contributed by atoms with Gasteiger partial charge in [0.1, 0.15) is 0 Å². The first-order valence-electron chi connectivity index (χ1n) is 6.25. The van der Waals surface area contributed by atoms with Crippen LogP contribution in [-0.4, -0.2) is 24.8 Å². The molecular weight excluding hydrogens is 174 g/mol. The van der Waals surface area contributed by atoms with Crippen molar-refractivity contribution in [2.45, 2.75) is 51.4 Å². The van der Waals surface area contributed by atoms with Gasteiger partial charge < -0.3 is 10.4 Å². The van der Waals surface area contributed by atoms with Gasteiger partial charge in [0, 0.05) is 6.61 Å². The number of hydrogen-bond donors (Lipinski definition) is 2. The van der Waals surface area contributed by atoms with Crippen LogP contribution in [0.2, 0.25) is 0 Å². The van der Waals surface area contributed by atoms with Crippen LogP contribution in [0.1, 0.15) is 51.4 Å². The molecular formula is C12H25NO. The molecule has 0 aliphatic heterocycles. The highest BCUT2D eigenvalue weighted by atomic mass is 16.2. The second-order valence-electron chi connectivity index (χ2n) is 4.49. The molecule has 2 N–H and O–H groups in total. The van der Waals surface area contributed by atoms with Crippen LogP contribution in [0, 0.1) is 5.92 Å². The molecule has 84 valence electrons. The Morgan fingerprint density at radius 1 is 1.00 bits per heavy atom. The van der Waals surface area contributed by atoms with Crippen molar-refractivity contribution < 1.29 is 5.11 Å². The molecule has 14 heavy (non-hydrogen) atoms. The normalized spacial score (nSPS) is 18.6. The fraction of sp³-hybridized carbons (Fsp3) is 1.00. The molecule has 1 fully saturated rings. The van der Waals surface area contributed by atoms with Crippen LogP contribution in [0.15, 0.2) is 0 Å². The van der Waals surface area contributed by atoms with E-state index in [1.165, 1.54) is 45.1 Å². The average molecular weight is 199 g/mol. The Bertz CT molecular complexity index is 121. The molecule has 0 aromatic heterocycles. The Morgan fingerprint density at radius 2 is 1.79 bits per heavy atom. The van der Waals surface area contributed by atoms with Gasteiger partial charge in [0.25, 0.3) is 0 Å². The van der Waals surface area contributed by atoms with Crippen molar-refractivity contribution in [2.24, 2.45) is 5.92 Å². The molecule has 1 aliphatic rings. The zero-order chi connectivity index (χ0) is 10.1. The van der Waals surface area contributed by atoms with Crippen LogP contribution >= 0.6 is 0 Å². The molecule has 0 saturated heterocycles. The standard InChI is InChI=1S/C12H25NO/c14-10-6-2-5-9-13-11-12-7-3-1-4-8-12/h12-14H,1-11H2. The Kier molecular flexibility index (Phi) is 7.06. The predicted octanol–water partition coefficient (Wildman–Crippen LogP) is 2.32. The Labute approximate surface area is 88.1 Å². The minimum Gasteiger partial charge on any atom is -0.396 e. The molecule has 0 aromatic rings. The average Bonchev–Trinajstić information content (AvgIpc) is 2.25. The van der Waals surface area contributed by atoms with Crippen LogP contribution in [0.25, 0.3) is 0 Å². The number of aliphatic hydroxyl groups excluding tert-OH is 1. The van der Waals surface area contributed by atoms with Crippen molar-refractivity contribution in [3.63, 3.8) is 0 Å². The summed E-state index contributed by atoms with van der Waals surface area (Å²) in [5, 5.41) is 12.1. The van der Waals surface area contributed by atoms with Gasteiger partial charge in [0.2, 0.25) is 0 Å². The Balaban J connectivity index is 1.82. The monoisotopic (exact) mass is 199 g/mol. The first kappa shape index (κ1) is 12.0. The van der Waals surface area contributed by atoms with Gasteiger partial charge in [-0.1, -0.05) is 19.3 Å². The summed E-state index contributed by atoms with van der Waals surface area (Å²) in [6, 6.07) is 0. The third kappa shape index (κ3) is 5.61. The molecule has 0 radical (unpaired) electrons. The van der Waals surface area contributed by atoms with Crippen molar-refractivity contribution >= 4 is 0 Å². The van der Waals surface area contributed by atoms with Gasteiger partial charge in [-0.3, -0.25) is 0 Å². The quantitative estimate of drug-likeness (QED) is 0.617. The predicted molar refractivity (Wildman–Crippen MR) is 60.4 cm³/mol. The molecule has 0 bridgehead atoms. The Morgan fingerprint density at radius 3 is 2.50 bits per heavy atom. The van der Waals surface area contributed by atoms with Crippen LogP contribution in [0.3, 0.4) is 0 Å². The second-order valence-corrected chi connectivity index (χ2v) is 4.49. The molecule has 0 spiro atoms. The lowest BCUT2D eigenvalue weighted by Crippen LogP contribution is -2.25. The van der Waals surface area contributed by atoms with Crippen LogP contribution in [0.4, 0.5) is 0 Å². The summed E-state index contributed by atoms with van der Waals surface area (Å²) in [5.41, 5.74) is 0. The summed E-state index contributed by atoms with van der Waals surface area (Å²) in [7, 11) is 0. The smallest absolute Gasteiger partial charge is 0.0431 e. The number of unbranched alkanes of at least 4 members (excludes halogenated alkanes) is 2. The molecule has 0 aromatic carbocycles. The van der Waals surface area contributed by atoms with Gasteiger partial charge in [-0.15, -0.1) is 0 Å². The van der Waals surface area contributed by atoms with E-state index in [1.54, 1.807) is 0 Å². The highest BCUT2D eigenvalue weighted by Gasteiger charge is 2.11. The molecule has 0 atom stereocenters. The van der Waals surface area contributed by atoms with Crippen molar-refractivity contribution in [3.8, 4) is 0 Å². The fourth-order valence-electron chi connectivity index (χ4n) is 2.24. The summed E-state index contributed by atoms with van der Waals surface area (Å²) in [5.74, 6) is 0.946. The van der Waals surface area contributed by atoms with E-state index >= 15 is 0 Å². The highest BCUT2D eigenvalue weighted by Crippen LogP contribution is 2.22. The number of rotatable bonds is 7. The molecule has 0 amide bonds. The molecule has 2 nitrogen and oxygen atoms in total. The zero-order valence-electron chi connectivity index (χ0n) is 9.30. The first-order valence-corrected chi connectivity index (χ1v) is 6.25. The topological polar surface area (TPSA) is 32.3 Å². The van der Waals surface area contributed by atoms with E-state index in [2.05, 4.69) is 5.32 Å². The van der Waals surface area contributed by atoms with E-state index in [4.69, 9.17) is 5.11 Å². The lowest BCUT2D eigenvalue weighted by atomic mass is 9.89. The largest absolute Gasteiger partial charge is 0.396 e. The maximum atomic E-state index is 8.61. The molecule has 2 heteroatoms. The van der Waals surface area contributed by atoms with E-state index in [0.717, 1.165) is 25.3 Å².